The Bertz CT molecular complexity index is 237. The number of carbonyl (C=O) groups is 2. The first kappa shape index (κ1) is 12.6. The molecule has 0 amide bonds. The van der Waals surface area contributed by atoms with E-state index in [1.54, 1.807) is 0 Å². The van der Waals surface area contributed by atoms with E-state index in [4.69, 9.17) is 15.6 Å². The molecule has 0 saturated heterocycles. The summed E-state index contributed by atoms with van der Waals surface area (Å²) in [5.74, 6) is -2.14. The predicted octanol–water partition coefficient (Wildman–Crippen LogP) is 0.155. The van der Waals surface area contributed by atoms with Crippen LogP contribution in [0.5, 0.6) is 0 Å². The SMILES string of the molecule is C=C(C)C(=O)OCCC(CN)C(=O)O. The van der Waals surface area contributed by atoms with Crippen LogP contribution in [-0.4, -0.2) is 30.2 Å². The fourth-order valence-corrected chi connectivity index (χ4v) is 0.759. The van der Waals surface area contributed by atoms with Crippen molar-refractivity contribution in [2.24, 2.45) is 11.7 Å². The maximum atomic E-state index is 10.9. The fourth-order valence-electron chi connectivity index (χ4n) is 0.759. The molecule has 0 spiro atoms. The Labute approximate surface area is 82.5 Å². The van der Waals surface area contributed by atoms with Crippen molar-refractivity contribution in [1.82, 2.24) is 0 Å². The summed E-state index contributed by atoms with van der Waals surface area (Å²) in [5.41, 5.74) is 5.51. The molecule has 80 valence electrons. The summed E-state index contributed by atoms with van der Waals surface area (Å²) in [6.45, 7) is 5.02. The molecule has 0 aliphatic rings. The molecule has 5 heteroatoms. The minimum Gasteiger partial charge on any atom is -0.481 e. The Hall–Kier alpha value is -1.36. The monoisotopic (exact) mass is 201 g/mol. The molecule has 0 aromatic heterocycles. The predicted molar refractivity (Wildman–Crippen MR) is 50.6 cm³/mol. The zero-order chi connectivity index (χ0) is 11.1. The lowest BCUT2D eigenvalue weighted by Crippen LogP contribution is -2.25. The summed E-state index contributed by atoms with van der Waals surface area (Å²) in [7, 11) is 0. The van der Waals surface area contributed by atoms with E-state index in [2.05, 4.69) is 6.58 Å². The van der Waals surface area contributed by atoms with Gasteiger partial charge >= 0.3 is 11.9 Å². The summed E-state index contributed by atoms with van der Waals surface area (Å²) >= 11 is 0. The average molecular weight is 201 g/mol. The third-order valence-electron chi connectivity index (χ3n) is 1.68. The second kappa shape index (κ2) is 6.15. The number of ether oxygens (including phenoxy) is 1. The Balaban J connectivity index is 3.77. The van der Waals surface area contributed by atoms with Gasteiger partial charge in [0.25, 0.3) is 0 Å². The third-order valence-corrected chi connectivity index (χ3v) is 1.68. The molecule has 14 heavy (non-hydrogen) atoms. The molecule has 0 fully saturated rings. The van der Waals surface area contributed by atoms with Crippen LogP contribution < -0.4 is 5.73 Å². The maximum Gasteiger partial charge on any atom is 0.333 e. The summed E-state index contributed by atoms with van der Waals surface area (Å²) < 4.78 is 4.73. The van der Waals surface area contributed by atoms with E-state index >= 15 is 0 Å². The number of carboxylic acids is 1. The van der Waals surface area contributed by atoms with Crippen molar-refractivity contribution in [2.75, 3.05) is 13.2 Å². The number of carboxylic acid groups (broad SMARTS) is 1. The maximum absolute atomic E-state index is 10.9. The van der Waals surface area contributed by atoms with E-state index in [-0.39, 0.29) is 19.6 Å². The summed E-state index contributed by atoms with van der Waals surface area (Å²) in [6.07, 6.45) is 0.227. The van der Waals surface area contributed by atoms with Crippen LogP contribution in [0.4, 0.5) is 0 Å². The van der Waals surface area contributed by atoms with Gasteiger partial charge in [-0.2, -0.15) is 0 Å². The number of hydrogen-bond donors (Lipinski definition) is 2. The Morgan fingerprint density at radius 3 is 2.50 bits per heavy atom. The molecule has 0 rings (SSSR count). The lowest BCUT2D eigenvalue weighted by atomic mass is 10.1. The molecule has 0 bridgehead atoms. The van der Waals surface area contributed by atoms with Gasteiger partial charge in [-0.05, 0) is 13.3 Å². The first-order chi connectivity index (χ1) is 6.49. The van der Waals surface area contributed by atoms with Crippen molar-refractivity contribution in [3.63, 3.8) is 0 Å². The minimum absolute atomic E-state index is 0.0416. The smallest absolute Gasteiger partial charge is 0.333 e. The molecule has 1 atom stereocenters. The third kappa shape index (κ3) is 4.61. The van der Waals surface area contributed by atoms with Crippen LogP contribution in [0, 0.1) is 5.92 Å². The highest BCUT2D eigenvalue weighted by molar-refractivity contribution is 5.86. The fraction of sp³-hybridized carbons (Fsp3) is 0.556. The van der Waals surface area contributed by atoms with Gasteiger partial charge in [-0.1, -0.05) is 6.58 Å². The zero-order valence-electron chi connectivity index (χ0n) is 8.16. The largest absolute Gasteiger partial charge is 0.481 e. The van der Waals surface area contributed by atoms with Crippen molar-refractivity contribution >= 4 is 11.9 Å². The van der Waals surface area contributed by atoms with Crippen molar-refractivity contribution < 1.29 is 19.4 Å². The highest BCUT2D eigenvalue weighted by atomic mass is 16.5. The van der Waals surface area contributed by atoms with Gasteiger partial charge in [-0.3, -0.25) is 4.79 Å². The van der Waals surface area contributed by atoms with Crippen LogP contribution in [0.3, 0.4) is 0 Å². The highest BCUT2D eigenvalue weighted by Gasteiger charge is 2.15. The molecule has 0 aromatic rings. The van der Waals surface area contributed by atoms with Crippen molar-refractivity contribution in [3.05, 3.63) is 12.2 Å². The number of carbonyl (C=O) groups excluding carboxylic acids is 1. The van der Waals surface area contributed by atoms with E-state index in [0.717, 1.165) is 0 Å². The normalized spacial score (nSPS) is 11.9. The number of hydrogen-bond acceptors (Lipinski definition) is 4. The summed E-state index contributed by atoms with van der Waals surface area (Å²) in [6, 6.07) is 0. The number of esters is 1. The average Bonchev–Trinajstić information content (AvgIpc) is 2.11. The Kier molecular flexibility index (Phi) is 5.55. The quantitative estimate of drug-likeness (QED) is 0.471. The van der Waals surface area contributed by atoms with Crippen LogP contribution in [-0.2, 0) is 14.3 Å². The van der Waals surface area contributed by atoms with Crippen LogP contribution >= 0.6 is 0 Å². The van der Waals surface area contributed by atoms with Gasteiger partial charge in [0, 0.05) is 12.1 Å². The van der Waals surface area contributed by atoms with E-state index < -0.39 is 17.9 Å². The lowest BCUT2D eigenvalue weighted by molar-refractivity contribution is -0.145. The number of nitrogens with two attached hydrogens (primary N) is 1. The topological polar surface area (TPSA) is 89.6 Å². The molecular weight excluding hydrogens is 186 g/mol. The molecular formula is C9H15NO4. The van der Waals surface area contributed by atoms with Crippen molar-refractivity contribution in [2.45, 2.75) is 13.3 Å². The Morgan fingerprint density at radius 1 is 1.57 bits per heavy atom. The number of rotatable bonds is 6. The van der Waals surface area contributed by atoms with Gasteiger partial charge in [0.15, 0.2) is 0 Å². The van der Waals surface area contributed by atoms with Crippen molar-refractivity contribution in [1.29, 1.82) is 0 Å². The van der Waals surface area contributed by atoms with Gasteiger partial charge < -0.3 is 15.6 Å². The number of aliphatic carboxylic acids is 1. The zero-order valence-corrected chi connectivity index (χ0v) is 8.16. The molecule has 1 unspecified atom stereocenters. The molecule has 0 heterocycles. The summed E-state index contributed by atoms with van der Waals surface area (Å²) in [5, 5.41) is 8.61. The molecule has 5 nitrogen and oxygen atoms in total. The van der Waals surface area contributed by atoms with E-state index in [1.807, 2.05) is 0 Å². The summed E-state index contributed by atoms with van der Waals surface area (Å²) in [4.78, 5) is 21.4. The van der Waals surface area contributed by atoms with Gasteiger partial charge in [-0.15, -0.1) is 0 Å². The van der Waals surface area contributed by atoms with Gasteiger partial charge in [0.1, 0.15) is 0 Å². The lowest BCUT2D eigenvalue weighted by Gasteiger charge is -2.09. The van der Waals surface area contributed by atoms with Gasteiger partial charge in [0.2, 0.25) is 0 Å². The van der Waals surface area contributed by atoms with E-state index in [9.17, 15) is 9.59 Å². The molecule has 0 saturated carbocycles. The molecule has 3 N–H and O–H groups in total. The first-order valence-corrected chi connectivity index (χ1v) is 4.24. The molecule has 0 radical (unpaired) electrons. The first-order valence-electron chi connectivity index (χ1n) is 4.24. The van der Waals surface area contributed by atoms with Crippen LogP contribution in [0.15, 0.2) is 12.2 Å². The molecule has 0 aliphatic heterocycles. The van der Waals surface area contributed by atoms with Crippen LogP contribution in [0.1, 0.15) is 13.3 Å². The highest BCUT2D eigenvalue weighted by Crippen LogP contribution is 2.02. The standard InChI is InChI=1S/C9H15NO4/c1-6(2)9(13)14-4-3-7(5-10)8(11)12/h7H,1,3-5,10H2,2H3,(H,11,12). The Morgan fingerprint density at radius 2 is 2.14 bits per heavy atom. The van der Waals surface area contributed by atoms with Crippen molar-refractivity contribution in [3.8, 4) is 0 Å². The molecule has 0 aliphatic carbocycles. The molecule has 0 aromatic carbocycles. The second-order valence-corrected chi connectivity index (χ2v) is 2.98. The van der Waals surface area contributed by atoms with Crippen LogP contribution in [0.2, 0.25) is 0 Å². The van der Waals surface area contributed by atoms with Gasteiger partial charge in [0.05, 0.1) is 12.5 Å². The minimum atomic E-state index is -0.973. The van der Waals surface area contributed by atoms with Crippen LogP contribution in [0.25, 0.3) is 0 Å². The van der Waals surface area contributed by atoms with E-state index in [1.165, 1.54) is 6.92 Å². The van der Waals surface area contributed by atoms with E-state index in [0.29, 0.717) is 5.57 Å². The second-order valence-electron chi connectivity index (χ2n) is 2.98. The van der Waals surface area contributed by atoms with Gasteiger partial charge in [-0.25, -0.2) is 4.79 Å².